The first-order chi connectivity index (χ1) is 18.8. The van der Waals surface area contributed by atoms with Crippen LogP contribution >= 0.6 is 0 Å². The number of hydrogen-bond donors (Lipinski definition) is 2. The van der Waals surface area contributed by atoms with Gasteiger partial charge in [-0.1, -0.05) is 24.8 Å². The van der Waals surface area contributed by atoms with Crippen molar-refractivity contribution in [1.29, 1.82) is 0 Å². The molecule has 1 aromatic carbocycles. The summed E-state index contributed by atoms with van der Waals surface area (Å²) in [5, 5.41) is 3.71. The van der Waals surface area contributed by atoms with Crippen molar-refractivity contribution in [2.45, 2.75) is 45.4 Å². The topological polar surface area (TPSA) is 106 Å². The van der Waals surface area contributed by atoms with Gasteiger partial charge in [0.1, 0.15) is 17.8 Å². The molecule has 3 unspecified atom stereocenters. The predicted molar refractivity (Wildman–Crippen MR) is 155 cm³/mol. The lowest BCUT2D eigenvalue weighted by molar-refractivity contribution is -0.137. The Morgan fingerprint density at radius 2 is 1.79 bits per heavy atom. The molecule has 39 heavy (non-hydrogen) atoms. The molecule has 2 aromatic heterocycles. The van der Waals surface area contributed by atoms with Crippen molar-refractivity contribution in [1.82, 2.24) is 19.4 Å². The minimum Gasteiger partial charge on any atom is -0.383 e. The molecule has 8 heteroatoms. The number of carbonyl (C=O) groups is 2. The van der Waals surface area contributed by atoms with E-state index in [0.29, 0.717) is 34.8 Å². The van der Waals surface area contributed by atoms with E-state index in [9.17, 15) is 9.59 Å². The molecule has 3 atom stereocenters. The Morgan fingerprint density at radius 3 is 2.44 bits per heavy atom. The number of fused-ring (bicyclic) bond motifs is 3. The number of nitrogens with two attached hydrogens (primary N) is 1. The minimum atomic E-state index is -0.204. The van der Waals surface area contributed by atoms with Gasteiger partial charge in [-0.25, -0.2) is 9.97 Å². The minimum absolute atomic E-state index is 0.0366. The third kappa shape index (κ3) is 4.62. The van der Waals surface area contributed by atoms with Gasteiger partial charge < -0.3 is 20.5 Å². The molecule has 1 aliphatic heterocycles. The number of nitrogens with zero attached hydrogens (tertiary/aromatic N) is 4. The third-order valence-corrected chi connectivity index (χ3v) is 8.80. The molecule has 0 spiro atoms. The normalized spacial score (nSPS) is 22.6. The van der Waals surface area contributed by atoms with Crippen LogP contribution in [0, 0.1) is 17.8 Å². The van der Waals surface area contributed by atoms with Crippen LogP contribution in [0.15, 0.2) is 48.8 Å². The van der Waals surface area contributed by atoms with E-state index in [1.807, 2.05) is 31.3 Å². The van der Waals surface area contributed by atoms with E-state index >= 15 is 0 Å². The molecule has 6 rings (SSSR count). The molecule has 3 aliphatic rings. The number of aryl methyl sites for hydroxylation is 1. The summed E-state index contributed by atoms with van der Waals surface area (Å²) in [6.07, 6.45) is 9.93. The Labute approximate surface area is 229 Å². The zero-order valence-corrected chi connectivity index (χ0v) is 22.7. The van der Waals surface area contributed by atoms with Gasteiger partial charge in [0.25, 0.3) is 5.91 Å². The molecule has 2 aliphatic carbocycles. The summed E-state index contributed by atoms with van der Waals surface area (Å²) in [5.41, 5.74) is 12.6. The Balaban J connectivity index is 1.32. The summed E-state index contributed by atoms with van der Waals surface area (Å²) in [6.45, 7) is 7.26. The maximum Gasteiger partial charge on any atom is 0.250 e. The lowest BCUT2D eigenvalue weighted by atomic mass is 9.83. The van der Waals surface area contributed by atoms with Crippen molar-refractivity contribution < 1.29 is 9.59 Å². The number of carbonyl (C=O) groups excluding carboxylic acids is 2. The highest BCUT2D eigenvalue weighted by Crippen LogP contribution is 2.44. The molecule has 2 fully saturated rings. The molecule has 1 saturated carbocycles. The zero-order chi connectivity index (χ0) is 27.3. The van der Waals surface area contributed by atoms with Gasteiger partial charge >= 0.3 is 0 Å². The number of allylic oxidation sites excluding steroid dienone is 2. The fraction of sp³-hybridized carbons (Fsp3) is 0.419. The largest absolute Gasteiger partial charge is 0.383 e. The maximum atomic E-state index is 13.4. The number of nitrogens with one attached hydrogen (secondary N) is 1. The number of rotatable bonds is 5. The van der Waals surface area contributed by atoms with Crippen LogP contribution in [0.1, 0.15) is 51.0 Å². The molecule has 8 nitrogen and oxygen atoms in total. The second-order valence-electron chi connectivity index (χ2n) is 11.5. The number of benzene rings is 1. The smallest absolute Gasteiger partial charge is 0.250 e. The molecule has 3 heterocycles. The zero-order valence-electron chi connectivity index (χ0n) is 22.7. The number of nitrogen functional groups attached to an aromatic ring is 1. The van der Waals surface area contributed by atoms with Crippen molar-refractivity contribution in [2.24, 2.45) is 24.8 Å². The summed E-state index contributed by atoms with van der Waals surface area (Å²) in [6, 6.07) is 7.77. The lowest BCUT2D eigenvalue weighted by Crippen LogP contribution is -2.44. The summed E-state index contributed by atoms with van der Waals surface area (Å²) in [7, 11) is 1.99. The first kappa shape index (κ1) is 25.3. The summed E-state index contributed by atoms with van der Waals surface area (Å²) >= 11 is 0. The molecule has 2 bridgehead atoms. The molecule has 3 N–H and O–H groups in total. The van der Waals surface area contributed by atoms with Crippen molar-refractivity contribution in [3.8, 4) is 11.3 Å². The highest BCUT2D eigenvalue weighted by atomic mass is 16.2. The van der Waals surface area contributed by atoms with Crippen LogP contribution in [0.25, 0.3) is 27.9 Å². The van der Waals surface area contributed by atoms with Gasteiger partial charge in [0, 0.05) is 42.9 Å². The number of piperidine rings is 1. The Morgan fingerprint density at radius 1 is 1.08 bits per heavy atom. The number of aromatic nitrogens is 3. The highest BCUT2D eigenvalue weighted by Gasteiger charge is 2.37. The fourth-order valence-corrected chi connectivity index (χ4v) is 6.81. The molecule has 1 saturated heterocycles. The van der Waals surface area contributed by atoms with E-state index in [2.05, 4.69) is 37.4 Å². The number of anilines is 2. The standard InChI is InChI=1S/C31H36N6O2/c1-18(2)30(38)35-24-12-10-22(11-13-24)27-25(26-28(32)33-17-34-29(26)36(27)3)21-6-8-23(9-7-21)31(39)37-15-19-4-5-20(14-19)16-37/h6,10-13,17,19-20,23H,1,4-5,7-9,14-16H2,2-3H3,(H,35,38)(H2,32,33,34). The van der Waals surface area contributed by atoms with E-state index in [0.717, 1.165) is 60.2 Å². The van der Waals surface area contributed by atoms with Crippen molar-refractivity contribution in [3.05, 3.63) is 54.4 Å². The molecule has 0 radical (unpaired) electrons. The second-order valence-corrected chi connectivity index (χ2v) is 11.5. The van der Waals surface area contributed by atoms with Crippen LogP contribution < -0.4 is 11.1 Å². The van der Waals surface area contributed by atoms with E-state index in [4.69, 9.17) is 5.73 Å². The van der Waals surface area contributed by atoms with E-state index < -0.39 is 0 Å². The van der Waals surface area contributed by atoms with Crippen LogP contribution in [0.5, 0.6) is 0 Å². The molecule has 3 aromatic rings. The summed E-state index contributed by atoms with van der Waals surface area (Å²) < 4.78 is 2.06. The van der Waals surface area contributed by atoms with Gasteiger partial charge in [0.15, 0.2) is 0 Å². The average molecular weight is 525 g/mol. The molecular formula is C31H36N6O2. The van der Waals surface area contributed by atoms with Gasteiger partial charge in [-0.2, -0.15) is 0 Å². The quantitative estimate of drug-likeness (QED) is 0.448. The number of hydrogen-bond acceptors (Lipinski definition) is 5. The molecule has 2 amide bonds. The van der Waals surface area contributed by atoms with Gasteiger partial charge in [-0.05, 0) is 80.6 Å². The Hall–Kier alpha value is -3.94. The lowest BCUT2D eigenvalue weighted by Gasteiger charge is -2.35. The summed E-state index contributed by atoms with van der Waals surface area (Å²) in [4.78, 5) is 36.5. The van der Waals surface area contributed by atoms with E-state index in [1.54, 1.807) is 6.92 Å². The number of likely N-dealkylation sites (tertiary alicyclic amines) is 1. The maximum absolute atomic E-state index is 13.4. The Kier molecular flexibility index (Phi) is 6.49. The number of amides is 2. The fourth-order valence-electron chi connectivity index (χ4n) is 6.81. The van der Waals surface area contributed by atoms with Gasteiger partial charge in [0.05, 0.1) is 11.1 Å². The first-order valence-electron chi connectivity index (χ1n) is 13.9. The molecule has 202 valence electrons. The third-order valence-electron chi connectivity index (χ3n) is 8.80. The van der Waals surface area contributed by atoms with Crippen LogP contribution in [0.3, 0.4) is 0 Å². The first-order valence-corrected chi connectivity index (χ1v) is 13.9. The second kappa shape index (κ2) is 9.98. The van der Waals surface area contributed by atoms with Crippen LogP contribution in [-0.4, -0.2) is 44.3 Å². The van der Waals surface area contributed by atoms with Gasteiger partial charge in [0.2, 0.25) is 5.91 Å². The SMILES string of the molecule is C=C(C)C(=O)Nc1ccc(-c2c(C3=CCC(C(=O)N4CC5CCC(C5)C4)CC3)c3c(N)ncnc3n2C)cc1. The van der Waals surface area contributed by atoms with Crippen LogP contribution in [-0.2, 0) is 16.6 Å². The van der Waals surface area contributed by atoms with Crippen molar-refractivity contribution >= 4 is 39.9 Å². The summed E-state index contributed by atoms with van der Waals surface area (Å²) in [5.74, 6) is 2.01. The Bertz CT molecular complexity index is 1490. The van der Waals surface area contributed by atoms with Crippen LogP contribution in [0.2, 0.25) is 0 Å². The predicted octanol–water partition coefficient (Wildman–Crippen LogP) is 5.17. The van der Waals surface area contributed by atoms with Gasteiger partial charge in [-0.15, -0.1) is 0 Å². The van der Waals surface area contributed by atoms with E-state index in [-0.39, 0.29) is 11.8 Å². The molecular weight excluding hydrogens is 488 g/mol. The van der Waals surface area contributed by atoms with Crippen molar-refractivity contribution in [3.63, 3.8) is 0 Å². The monoisotopic (exact) mass is 524 g/mol. The average Bonchev–Trinajstić information content (AvgIpc) is 3.44. The van der Waals surface area contributed by atoms with Gasteiger partial charge in [-0.3, -0.25) is 9.59 Å². The van der Waals surface area contributed by atoms with E-state index in [1.165, 1.54) is 31.2 Å². The highest BCUT2D eigenvalue weighted by molar-refractivity contribution is 6.05. The van der Waals surface area contributed by atoms with Crippen molar-refractivity contribution in [2.75, 3.05) is 24.1 Å². The van der Waals surface area contributed by atoms with Crippen LogP contribution in [0.4, 0.5) is 11.5 Å².